The summed E-state index contributed by atoms with van der Waals surface area (Å²) in [5.74, 6) is 0. The van der Waals surface area contributed by atoms with E-state index < -0.39 is 5.60 Å². The lowest BCUT2D eigenvalue weighted by Crippen LogP contribution is -2.46. The second-order valence-electron chi connectivity index (χ2n) is 6.23. The Morgan fingerprint density at radius 2 is 2.00 bits per heavy atom. The van der Waals surface area contributed by atoms with Gasteiger partial charge in [-0.25, -0.2) is 0 Å². The van der Waals surface area contributed by atoms with E-state index in [1.165, 1.54) is 30.4 Å². The monoisotopic (exact) mass is 260 g/mol. The lowest BCUT2D eigenvalue weighted by Gasteiger charge is -2.39. The van der Waals surface area contributed by atoms with Crippen LogP contribution >= 0.6 is 0 Å². The lowest BCUT2D eigenvalue weighted by molar-refractivity contribution is -0.0291. The molecule has 0 bridgehead atoms. The van der Waals surface area contributed by atoms with Gasteiger partial charge in [-0.15, -0.1) is 0 Å². The summed E-state index contributed by atoms with van der Waals surface area (Å²) in [5, 5.41) is 10.7. The van der Waals surface area contributed by atoms with Crippen LogP contribution in [0.5, 0.6) is 0 Å². The minimum atomic E-state index is -0.459. The Morgan fingerprint density at radius 3 is 2.79 bits per heavy atom. The summed E-state index contributed by atoms with van der Waals surface area (Å²) in [6.07, 6.45) is 6.59. The van der Waals surface area contributed by atoms with Gasteiger partial charge < -0.3 is 10.8 Å². The van der Waals surface area contributed by atoms with Gasteiger partial charge in [0, 0.05) is 25.3 Å². The Bertz CT molecular complexity index is 452. The van der Waals surface area contributed by atoms with Crippen LogP contribution in [0.4, 0.5) is 5.69 Å². The van der Waals surface area contributed by atoms with Crippen LogP contribution in [0.25, 0.3) is 0 Å². The fraction of sp³-hybridized carbons (Fsp3) is 0.625. The normalized spacial score (nSPS) is 23.0. The summed E-state index contributed by atoms with van der Waals surface area (Å²) in [5.41, 5.74) is 9.18. The molecular weight excluding hydrogens is 236 g/mol. The maximum absolute atomic E-state index is 10.7. The second-order valence-corrected chi connectivity index (χ2v) is 6.23. The Hall–Kier alpha value is -1.06. The first kappa shape index (κ1) is 12.9. The van der Waals surface area contributed by atoms with Crippen molar-refractivity contribution in [3.63, 3.8) is 0 Å². The Morgan fingerprint density at radius 1 is 1.21 bits per heavy atom. The van der Waals surface area contributed by atoms with Crippen molar-refractivity contribution in [2.45, 2.75) is 50.7 Å². The van der Waals surface area contributed by atoms with Gasteiger partial charge in [-0.05, 0) is 36.5 Å². The van der Waals surface area contributed by atoms with Crippen LogP contribution in [-0.4, -0.2) is 28.7 Å². The SMILES string of the molecule is Nc1cccc2c1CN(CC1(O)CCCCC1)CC2. The zero-order valence-corrected chi connectivity index (χ0v) is 11.6. The summed E-state index contributed by atoms with van der Waals surface area (Å²) >= 11 is 0. The van der Waals surface area contributed by atoms with Crippen molar-refractivity contribution in [2.24, 2.45) is 0 Å². The number of hydrogen-bond donors (Lipinski definition) is 2. The first-order valence-corrected chi connectivity index (χ1v) is 7.47. The number of nitrogens with two attached hydrogens (primary N) is 1. The standard InChI is InChI=1S/C16H24N2O/c17-15-6-4-5-13-7-10-18(11-14(13)15)12-16(19)8-2-1-3-9-16/h4-6,19H,1-3,7-12,17H2. The molecule has 1 aliphatic heterocycles. The largest absolute Gasteiger partial charge is 0.398 e. The molecule has 0 aromatic heterocycles. The van der Waals surface area contributed by atoms with Gasteiger partial charge >= 0.3 is 0 Å². The van der Waals surface area contributed by atoms with Crippen LogP contribution in [0.3, 0.4) is 0 Å². The second kappa shape index (κ2) is 5.14. The zero-order chi connectivity index (χ0) is 13.3. The van der Waals surface area contributed by atoms with Crippen LogP contribution in [0, 0.1) is 0 Å². The van der Waals surface area contributed by atoms with E-state index >= 15 is 0 Å². The highest BCUT2D eigenvalue weighted by molar-refractivity contribution is 5.51. The van der Waals surface area contributed by atoms with Crippen molar-refractivity contribution < 1.29 is 5.11 Å². The fourth-order valence-electron chi connectivity index (χ4n) is 3.58. The van der Waals surface area contributed by atoms with Crippen LogP contribution in [-0.2, 0) is 13.0 Å². The molecule has 1 heterocycles. The Labute approximate surface area is 115 Å². The summed E-state index contributed by atoms with van der Waals surface area (Å²) in [6.45, 7) is 2.74. The van der Waals surface area contributed by atoms with Gasteiger partial charge in [-0.2, -0.15) is 0 Å². The molecule has 1 aromatic carbocycles. The molecule has 0 amide bonds. The molecule has 104 valence electrons. The lowest BCUT2D eigenvalue weighted by atomic mass is 9.84. The smallest absolute Gasteiger partial charge is 0.0774 e. The molecule has 0 spiro atoms. The van der Waals surface area contributed by atoms with Crippen LogP contribution < -0.4 is 5.73 Å². The molecule has 3 heteroatoms. The van der Waals surface area contributed by atoms with E-state index in [1.54, 1.807) is 0 Å². The molecule has 2 aliphatic rings. The van der Waals surface area contributed by atoms with Gasteiger partial charge in [0.15, 0.2) is 0 Å². The van der Waals surface area contributed by atoms with Gasteiger partial charge in [0.2, 0.25) is 0 Å². The van der Waals surface area contributed by atoms with Gasteiger partial charge in [0.05, 0.1) is 5.60 Å². The summed E-state index contributed by atoms with van der Waals surface area (Å²) in [6, 6.07) is 6.20. The third-order valence-electron chi connectivity index (χ3n) is 4.69. The molecule has 19 heavy (non-hydrogen) atoms. The first-order chi connectivity index (χ1) is 9.16. The highest BCUT2D eigenvalue weighted by Gasteiger charge is 2.32. The van der Waals surface area contributed by atoms with Crippen LogP contribution in [0.15, 0.2) is 18.2 Å². The summed E-state index contributed by atoms with van der Waals surface area (Å²) < 4.78 is 0. The molecule has 3 N–H and O–H groups in total. The van der Waals surface area contributed by atoms with E-state index in [-0.39, 0.29) is 0 Å². The molecule has 0 atom stereocenters. The number of nitrogen functional groups attached to an aromatic ring is 1. The van der Waals surface area contributed by atoms with Crippen LogP contribution in [0.2, 0.25) is 0 Å². The molecule has 1 aromatic rings. The third-order valence-corrected chi connectivity index (χ3v) is 4.69. The average molecular weight is 260 g/mol. The number of aliphatic hydroxyl groups is 1. The quantitative estimate of drug-likeness (QED) is 0.802. The van der Waals surface area contributed by atoms with Gasteiger partial charge in [-0.3, -0.25) is 4.90 Å². The zero-order valence-electron chi connectivity index (χ0n) is 11.6. The molecular formula is C16H24N2O. The van der Waals surface area contributed by atoms with Gasteiger partial charge in [0.1, 0.15) is 0 Å². The molecule has 1 fully saturated rings. The van der Waals surface area contributed by atoms with Crippen molar-refractivity contribution >= 4 is 5.69 Å². The summed E-state index contributed by atoms with van der Waals surface area (Å²) in [4.78, 5) is 2.38. The van der Waals surface area contributed by atoms with Crippen LogP contribution in [0.1, 0.15) is 43.2 Å². The number of rotatable bonds is 2. The number of hydrogen-bond acceptors (Lipinski definition) is 3. The topological polar surface area (TPSA) is 49.5 Å². The maximum atomic E-state index is 10.7. The minimum absolute atomic E-state index is 0.459. The molecule has 1 saturated carbocycles. The van der Waals surface area contributed by atoms with E-state index in [2.05, 4.69) is 11.0 Å². The number of β-amino-alcohol motifs (C(OH)–C–C–N with tert-alkyl or cyclic N) is 1. The number of benzene rings is 1. The van der Waals surface area contributed by atoms with E-state index in [1.807, 2.05) is 12.1 Å². The van der Waals surface area contributed by atoms with Gasteiger partial charge in [0.25, 0.3) is 0 Å². The molecule has 3 nitrogen and oxygen atoms in total. The number of nitrogens with zero attached hydrogens (tertiary/aromatic N) is 1. The highest BCUT2D eigenvalue weighted by Crippen LogP contribution is 2.31. The predicted octanol–water partition coefficient (Wildman–Crippen LogP) is 2.32. The minimum Gasteiger partial charge on any atom is -0.398 e. The van der Waals surface area contributed by atoms with Crippen molar-refractivity contribution in [3.8, 4) is 0 Å². The number of fused-ring (bicyclic) bond motifs is 1. The molecule has 0 unspecified atom stereocenters. The average Bonchev–Trinajstić information content (AvgIpc) is 2.40. The van der Waals surface area contributed by atoms with E-state index in [0.717, 1.165) is 44.6 Å². The van der Waals surface area contributed by atoms with E-state index in [4.69, 9.17) is 5.73 Å². The van der Waals surface area contributed by atoms with Crippen molar-refractivity contribution in [1.29, 1.82) is 0 Å². The Balaban J connectivity index is 1.70. The van der Waals surface area contributed by atoms with Crippen molar-refractivity contribution in [2.75, 3.05) is 18.8 Å². The highest BCUT2D eigenvalue weighted by atomic mass is 16.3. The Kier molecular flexibility index (Phi) is 3.50. The predicted molar refractivity (Wildman–Crippen MR) is 77.9 cm³/mol. The van der Waals surface area contributed by atoms with Crippen molar-refractivity contribution in [1.82, 2.24) is 4.90 Å². The summed E-state index contributed by atoms with van der Waals surface area (Å²) in [7, 11) is 0. The molecule has 3 rings (SSSR count). The number of anilines is 1. The van der Waals surface area contributed by atoms with E-state index in [0.29, 0.717) is 0 Å². The van der Waals surface area contributed by atoms with Crippen molar-refractivity contribution in [3.05, 3.63) is 29.3 Å². The molecule has 0 saturated heterocycles. The molecule has 0 radical (unpaired) electrons. The van der Waals surface area contributed by atoms with E-state index in [9.17, 15) is 5.11 Å². The maximum Gasteiger partial charge on any atom is 0.0774 e. The van der Waals surface area contributed by atoms with Gasteiger partial charge in [-0.1, -0.05) is 31.4 Å². The first-order valence-electron chi connectivity index (χ1n) is 7.47. The third kappa shape index (κ3) is 2.77. The molecule has 1 aliphatic carbocycles. The fourth-order valence-corrected chi connectivity index (χ4v) is 3.58.